The smallest absolute Gasteiger partial charge is 0.182 e. The van der Waals surface area contributed by atoms with Crippen LogP contribution in [0.3, 0.4) is 0 Å². The molecule has 4 aromatic rings. The second kappa shape index (κ2) is 6.59. The molecule has 0 aliphatic heterocycles. The highest BCUT2D eigenvalue weighted by molar-refractivity contribution is 7.21. The van der Waals surface area contributed by atoms with Crippen molar-refractivity contribution in [3.8, 4) is 11.4 Å². The number of nitrogens with zero attached hydrogens (tertiary/aromatic N) is 3. The zero-order chi connectivity index (χ0) is 19.1. The van der Waals surface area contributed by atoms with Gasteiger partial charge in [0.1, 0.15) is 11.3 Å². The number of aromatic nitrogens is 3. The average Bonchev–Trinajstić information content (AvgIpc) is 2.99. The topological polar surface area (TPSA) is 76.7 Å². The van der Waals surface area contributed by atoms with E-state index in [-0.39, 0.29) is 5.82 Å². The Balaban J connectivity index is 1.89. The summed E-state index contributed by atoms with van der Waals surface area (Å²) in [6, 6.07) is 11.0. The van der Waals surface area contributed by atoms with Gasteiger partial charge >= 0.3 is 0 Å². The molecule has 0 bridgehead atoms. The Kier molecular flexibility index (Phi) is 4.24. The standard InChI is InChI=1S/C20H18FN5S/c1-10-7-8-13(9-14(10)21)23-18-16-19(27-20(22)24-16)26-17(25-18)15-11(2)5-4-6-12(15)3/h4-9H,1-3H3,(H2,22,24)(H,23,25,26). The molecule has 4 rings (SSSR count). The van der Waals surface area contributed by atoms with Crippen molar-refractivity contribution in [3.05, 3.63) is 58.9 Å². The van der Waals surface area contributed by atoms with Crippen LogP contribution in [0, 0.1) is 26.6 Å². The van der Waals surface area contributed by atoms with Gasteiger partial charge in [-0.15, -0.1) is 0 Å². The van der Waals surface area contributed by atoms with Crippen molar-refractivity contribution in [1.29, 1.82) is 0 Å². The van der Waals surface area contributed by atoms with Crippen molar-refractivity contribution in [2.45, 2.75) is 20.8 Å². The molecule has 5 nitrogen and oxygen atoms in total. The molecule has 0 spiro atoms. The van der Waals surface area contributed by atoms with E-state index in [1.54, 1.807) is 19.1 Å². The largest absolute Gasteiger partial charge is 0.375 e. The zero-order valence-electron chi connectivity index (χ0n) is 15.2. The maximum atomic E-state index is 13.9. The number of nitrogens with one attached hydrogen (secondary N) is 1. The van der Waals surface area contributed by atoms with Crippen LogP contribution in [0.4, 0.5) is 21.0 Å². The van der Waals surface area contributed by atoms with Gasteiger partial charge in [-0.1, -0.05) is 35.6 Å². The van der Waals surface area contributed by atoms with E-state index < -0.39 is 0 Å². The molecule has 0 fully saturated rings. The molecule has 0 aliphatic carbocycles. The summed E-state index contributed by atoms with van der Waals surface area (Å²) in [4.78, 5) is 14.4. The predicted octanol–water partition coefficient (Wildman–Crippen LogP) is 5.14. The number of nitrogen functional groups attached to an aromatic ring is 1. The van der Waals surface area contributed by atoms with Crippen LogP contribution in [0.2, 0.25) is 0 Å². The molecule has 0 amide bonds. The van der Waals surface area contributed by atoms with Gasteiger partial charge in [-0.2, -0.15) is 0 Å². The van der Waals surface area contributed by atoms with Crippen LogP contribution in [0.15, 0.2) is 36.4 Å². The molecular weight excluding hydrogens is 361 g/mol. The van der Waals surface area contributed by atoms with Gasteiger partial charge in [0.25, 0.3) is 0 Å². The maximum Gasteiger partial charge on any atom is 0.182 e. The summed E-state index contributed by atoms with van der Waals surface area (Å²) in [6.45, 7) is 5.78. The molecule has 3 N–H and O–H groups in total. The monoisotopic (exact) mass is 379 g/mol. The number of thiazole rings is 1. The van der Waals surface area contributed by atoms with Gasteiger partial charge in [0.2, 0.25) is 0 Å². The van der Waals surface area contributed by atoms with Gasteiger partial charge in [-0.3, -0.25) is 0 Å². The number of anilines is 3. The summed E-state index contributed by atoms with van der Waals surface area (Å²) >= 11 is 1.30. The Morgan fingerprint density at radius 1 is 0.963 bits per heavy atom. The van der Waals surface area contributed by atoms with Crippen LogP contribution in [0.5, 0.6) is 0 Å². The fourth-order valence-electron chi connectivity index (χ4n) is 3.01. The fraction of sp³-hybridized carbons (Fsp3) is 0.150. The Bertz CT molecular complexity index is 1150. The van der Waals surface area contributed by atoms with Crippen LogP contribution in [-0.2, 0) is 0 Å². The van der Waals surface area contributed by atoms with Crippen molar-refractivity contribution in [2.24, 2.45) is 0 Å². The van der Waals surface area contributed by atoms with Crippen LogP contribution >= 0.6 is 11.3 Å². The van der Waals surface area contributed by atoms with Crippen LogP contribution < -0.4 is 11.1 Å². The Hall–Kier alpha value is -3.06. The third kappa shape index (κ3) is 3.21. The summed E-state index contributed by atoms with van der Waals surface area (Å²) in [6.07, 6.45) is 0. The van der Waals surface area contributed by atoms with E-state index in [1.807, 2.05) is 32.0 Å². The summed E-state index contributed by atoms with van der Waals surface area (Å²) in [5.41, 5.74) is 10.8. The van der Waals surface area contributed by atoms with Crippen molar-refractivity contribution in [3.63, 3.8) is 0 Å². The van der Waals surface area contributed by atoms with Crippen molar-refractivity contribution >= 4 is 38.3 Å². The summed E-state index contributed by atoms with van der Waals surface area (Å²) in [5, 5.41) is 3.59. The van der Waals surface area contributed by atoms with E-state index in [0.717, 1.165) is 16.7 Å². The van der Waals surface area contributed by atoms with Gasteiger partial charge in [-0.25, -0.2) is 19.3 Å². The second-order valence-electron chi connectivity index (χ2n) is 6.46. The second-order valence-corrected chi connectivity index (χ2v) is 7.47. The molecule has 0 radical (unpaired) electrons. The lowest BCUT2D eigenvalue weighted by molar-refractivity contribution is 0.619. The van der Waals surface area contributed by atoms with E-state index in [2.05, 4.69) is 15.3 Å². The lowest BCUT2D eigenvalue weighted by Gasteiger charge is -2.12. The fourth-order valence-corrected chi connectivity index (χ4v) is 3.72. The highest BCUT2D eigenvalue weighted by atomic mass is 32.1. The van der Waals surface area contributed by atoms with E-state index in [1.165, 1.54) is 17.4 Å². The van der Waals surface area contributed by atoms with Gasteiger partial charge in [0.15, 0.2) is 21.6 Å². The molecule has 7 heteroatoms. The van der Waals surface area contributed by atoms with Gasteiger partial charge in [0, 0.05) is 11.3 Å². The first-order valence-corrected chi connectivity index (χ1v) is 9.28. The van der Waals surface area contributed by atoms with Crippen molar-refractivity contribution in [2.75, 3.05) is 11.1 Å². The van der Waals surface area contributed by atoms with Crippen molar-refractivity contribution < 1.29 is 4.39 Å². The first-order valence-electron chi connectivity index (χ1n) is 8.46. The first-order chi connectivity index (χ1) is 12.9. The minimum absolute atomic E-state index is 0.280. The molecule has 0 unspecified atom stereocenters. The number of halogens is 1. The van der Waals surface area contributed by atoms with Gasteiger partial charge in [-0.05, 0) is 49.6 Å². The van der Waals surface area contributed by atoms with E-state index in [0.29, 0.717) is 38.4 Å². The molecular formula is C20H18FN5S. The molecule has 0 aliphatic rings. The van der Waals surface area contributed by atoms with Crippen molar-refractivity contribution in [1.82, 2.24) is 15.0 Å². The van der Waals surface area contributed by atoms with Gasteiger partial charge < -0.3 is 11.1 Å². The predicted molar refractivity (Wildman–Crippen MR) is 109 cm³/mol. The number of benzene rings is 2. The van der Waals surface area contributed by atoms with Crippen LogP contribution in [0.1, 0.15) is 16.7 Å². The lowest BCUT2D eigenvalue weighted by Crippen LogP contribution is -2.01. The van der Waals surface area contributed by atoms with E-state index >= 15 is 0 Å². The van der Waals surface area contributed by atoms with E-state index in [9.17, 15) is 4.39 Å². The summed E-state index contributed by atoms with van der Waals surface area (Å²) in [5.74, 6) is 0.823. The third-order valence-corrected chi connectivity index (χ3v) is 5.19. The Morgan fingerprint density at radius 3 is 2.41 bits per heavy atom. The highest BCUT2D eigenvalue weighted by Crippen LogP contribution is 2.33. The molecule has 0 atom stereocenters. The zero-order valence-corrected chi connectivity index (χ0v) is 16.0. The SMILES string of the molecule is Cc1ccc(Nc2nc(-c3c(C)cccc3C)nc3sc(N)nc23)cc1F. The minimum Gasteiger partial charge on any atom is -0.375 e. The maximum absolute atomic E-state index is 13.9. The van der Waals surface area contributed by atoms with Crippen LogP contribution in [-0.4, -0.2) is 15.0 Å². The minimum atomic E-state index is -0.280. The molecule has 2 aromatic heterocycles. The summed E-state index contributed by atoms with van der Waals surface area (Å²) in [7, 11) is 0. The van der Waals surface area contributed by atoms with E-state index in [4.69, 9.17) is 10.7 Å². The number of hydrogen-bond donors (Lipinski definition) is 2. The Morgan fingerprint density at radius 2 is 1.70 bits per heavy atom. The lowest BCUT2D eigenvalue weighted by atomic mass is 10.0. The number of nitrogens with two attached hydrogens (primary N) is 1. The molecule has 2 heterocycles. The van der Waals surface area contributed by atoms with Gasteiger partial charge in [0.05, 0.1) is 0 Å². The number of rotatable bonds is 3. The molecule has 2 aromatic carbocycles. The average molecular weight is 379 g/mol. The van der Waals surface area contributed by atoms with Crippen LogP contribution in [0.25, 0.3) is 21.7 Å². The highest BCUT2D eigenvalue weighted by Gasteiger charge is 2.16. The molecule has 0 saturated carbocycles. The normalized spacial score (nSPS) is 11.1. The molecule has 136 valence electrons. The summed E-state index contributed by atoms with van der Waals surface area (Å²) < 4.78 is 13.9. The molecule has 0 saturated heterocycles. The number of hydrogen-bond acceptors (Lipinski definition) is 6. The number of fused-ring (bicyclic) bond motifs is 1. The quantitative estimate of drug-likeness (QED) is 0.515. The Labute approximate surface area is 160 Å². The number of aryl methyl sites for hydroxylation is 3. The molecule has 27 heavy (non-hydrogen) atoms. The first kappa shape index (κ1) is 17.4. The third-order valence-electron chi connectivity index (χ3n) is 4.41.